The molecule has 3 nitrogen and oxygen atoms in total. The molecule has 2 aliphatic heterocycles. The summed E-state index contributed by atoms with van der Waals surface area (Å²) in [5.74, 6) is 0. The maximum absolute atomic E-state index is 6.69. The predicted molar refractivity (Wildman–Crippen MR) is 185 cm³/mol. The van der Waals surface area contributed by atoms with E-state index in [1.165, 1.54) is 71.4 Å². The minimum Gasteiger partial charge on any atom is -0.456 e. The first-order chi connectivity index (χ1) is 21.9. The Labute approximate surface area is 253 Å². The molecule has 9 aromatic rings. The monoisotopic (exact) mass is 558 g/mol. The van der Waals surface area contributed by atoms with Crippen LogP contribution < -0.4 is 15.8 Å². The van der Waals surface area contributed by atoms with Crippen molar-refractivity contribution in [3.8, 4) is 11.1 Å². The second-order valence-corrected chi connectivity index (χ2v) is 12.0. The molecule has 0 fully saturated rings. The molecule has 11 rings (SSSR count). The molecule has 0 radical (unpaired) electrons. The van der Waals surface area contributed by atoms with Gasteiger partial charge in [-0.3, -0.25) is 0 Å². The number of furan rings is 1. The first kappa shape index (κ1) is 22.8. The van der Waals surface area contributed by atoms with Crippen LogP contribution in [-0.4, -0.2) is 11.3 Å². The molecule has 0 spiro atoms. The summed E-state index contributed by atoms with van der Waals surface area (Å²) >= 11 is 0. The maximum atomic E-state index is 6.69. The number of anilines is 3. The Kier molecular flexibility index (Phi) is 4.15. The van der Waals surface area contributed by atoms with Crippen molar-refractivity contribution in [2.45, 2.75) is 0 Å². The lowest BCUT2D eigenvalue weighted by molar-refractivity contribution is 0.669. The largest absolute Gasteiger partial charge is 0.456 e. The Morgan fingerprint density at radius 3 is 2.23 bits per heavy atom. The van der Waals surface area contributed by atoms with Gasteiger partial charge in [0.05, 0.1) is 5.69 Å². The average Bonchev–Trinajstić information content (AvgIpc) is 3.63. The van der Waals surface area contributed by atoms with Gasteiger partial charge in [0.2, 0.25) is 0 Å². The summed E-state index contributed by atoms with van der Waals surface area (Å²) in [5, 5.41) is 7.43. The van der Waals surface area contributed by atoms with Gasteiger partial charge in [-0.2, -0.15) is 0 Å². The number of aromatic nitrogens is 1. The Morgan fingerprint density at radius 1 is 0.568 bits per heavy atom. The van der Waals surface area contributed by atoms with Crippen LogP contribution in [0.4, 0.5) is 17.1 Å². The van der Waals surface area contributed by atoms with E-state index in [0.717, 1.165) is 22.2 Å². The lowest BCUT2D eigenvalue weighted by Gasteiger charge is -2.41. The summed E-state index contributed by atoms with van der Waals surface area (Å²) < 4.78 is 9.31. The van der Waals surface area contributed by atoms with Gasteiger partial charge in [-0.25, -0.2) is 0 Å². The predicted octanol–water partition coefficient (Wildman–Crippen LogP) is 9.26. The second kappa shape index (κ2) is 8.00. The zero-order valence-electron chi connectivity index (χ0n) is 23.7. The van der Waals surface area contributed by atoms with Crippen LogP contribution in [0.3, 0.4) is 0 Å². The van der Waals surface area contributed by atoms with Crippen LogP contribution in [0.25, 0.3) is 65.6 Å². The average molecular weight is 558 g/mol. The fraction of sp³-hybridized carbons (Fsp3) is 0. The number of benzene rings is 7. The van der Waals surface area contributed by atoms with Crippen molar-refractivity contribution < 1.29 is 4.42 Å². The van der Waals surface area contributed by atoms with Gasteiger partial charge in [-0.1, -0.05) is 109 Å². The summed E-state index contributed by atoms with van der Waals surface area (Å²) in [6, 6.07) is 50.8. The summed E-state index contributed by atoms with van der Waals surface area (Å²) in [6.45, 7) is -0.00469. The molecule has 0 saturated carbocycles. The highest BCUT2D eigenvalue weighted by Gasteiger charge is 2.44. The fourth-order valence-electron chi connectivity index (χ4n) is 8.28. The standard InChI is InChI=1S/C40H23BN2O/c1-2-12-25(13-3-1)42-33-23-35-36(29-16-7-9-20-34(29)44-35)37-30-18-10-17-28-27-15-6-8-19-32(27)43(39(28)30)41(38(33)37)31-22-21-24-11-4-5-14-26(24)40(31)42/h1-23H. The van der Waals surface area contributed by atoms with Gasteiger partial charge in [0, 0.05) is 61.0 Å². The lowest BCUT2D eigenvalue weighted by Crippen LogP contribution is -2.56. The van der Waals surface area contributed by atoms with Crippen LogP contribution in [-0.2, 0) is 0 Å². The van der Waals surface area contributed by atoms with Crippen molar-refractivity contribution in [3.63, 3.8) is 0 Å². The first-order valence-corrected chi connectivity index (χ1v) is 15.2. The number of hydrogen-bond donors (Lipinski definition) is 0. The lowest BCUT2D eigenvalue weighted by atomic mass is 9.44. The van der Waals surface area contributed by atoms with Crippen molar-refractivity contribution in [2.24, 2.45) is 0 Å². The van der Waals surface area contributed by atoms with Gasteiger partial charge in [0.25, 0.3) is 0 Å². The Bertz CT molecular complexity index is 2680. The van der Waals surface area contributed by atoms with E-state index in [4.69, 9.17) is 4.42 Å². The molecule has 2 aliphatic rings. The third-order valence-electron chi connectivity index (χ3n) is 9.92. The first-order valence-electron chi connectivity index (χ1n) is 15.2. The molecule has 7 aromatic carbocycles. The summed E-state index contributed by atoms with van der Waals surface area (Å²) in [5.41, 5.74) is 13.1. The van der Waals surface area contributed by atoms with Crippen LogP contribution in [0.1, 0.15) is 0 Å². The molecule has 0 atom stereocenters. The minimum absolute atomic E-state index is 0.00469. The molecule has 4 heterocycles. The SMILES string of the molecule is c1ccc(N2c3cc4oc5ccccc5c4c4c3B(c3ccc5ccccc5c32)n2c3ccccc3c3cccc-4c32)cc1. The number of nitrogens with zero attached hydrogens (tertiary/aromatic N) is 2. The van der Waals surface area contributed by atoms with Crippen molar-refractivity contribution in [3.05, 3.63) is 140 Å². The molecule has 4 heteroatoms. The quantitative estimate of drug-likeness (QED) is 0.187. The molecule has 0 saturated heterocycles. The van der Waals surface area contributed by atoms with E-state index in [1.807, 2.05) is 0 Å². The number of hydrogen-bond acceptors (Lipinski definition) is 2. The van der Waals surface area contributed by atoms with E-state index in [9.17, 15) is 0 Å². The summed E-state index contributed by atoms with van der Waals surface area (Å²) in [4.78, 5) is 2.48. The topological polar surface area (TPSA) is 21.3 Å². The molecule has 0 aliphatic carbocycles. The van der Waals surface area contributed by atoms with Gasteiger partial charge >= 0.3 is 6.85 Å². The molecular weight excluding hydrogens is 535 g/mol. The maximum Gasteiger partial charge on any atom is 0.333 e. The van der Waals surface area contributed by atoms with Crippen LogP contribution >= 0.6 is 0 Å². The van der Waals surface area contributed by atoms with Crippen molar-refractivity contribution >= 4 is 89.4 Å². The minimum atomic E-state index is -0.00469. The Hall–Kier alpha value is -5.74. The highest BCUT2D eigenvalue weighted by Crippen LogP contribution is 2.50. The fourth-order valence-corrected chi connectivity index (χ4v) is 8.28. The third kappa shape index (κ3) is 2.66. The van der Waals surface area contributed by atoms with Gasteiger partial charge in [-0.05, 0) is 46.1 Å². The van der Waals surface area contributed by atoms with Crippen LogP contribution in [0.5, 0.6) is 0 Å². The molecule has 202 valence electrons. The molecule has 2 aromatic heterocycles. The Balaban J connectivity index is 1.43. The molecule has 44 heavy (non-hydrogen) atoms. The van der Waals surface area contributed by atoms with Crippen molar-refractivity contribution in [2.75, 3.05) is 4.90 Å². The zero-order valence-corrected chi connectivity index (χ0v) is 23.7. The van der Waals surface area contributed by atoms with E-state index in [1.54, 1.807) is 0 Å². The van der Waals surface area contributed by atoms with Gasteiger partial charge in [-0.15, -0.1) is 0 Å². The summed E-state index contributed by atoms with van der Waals surface area (Å²) in [7, 11) is 0. The molecule has 0 unspecified atom stereocenters. The van der Waals surface area contributed by atoms with Gasteiger partial charge in [0.15, 0.2) is 0 Å². The molecule has 0 bridgehead atoms. The molecule has 0 amide bonds. The molecule has 0 N–H and O–H groups in total. The van der Waals surface area contributed by atoms with E-state index in [-0.39, 0.29) is 6.85 Å². The van der Waals surface area contributed by atoms with Crippen molar-refractivity contribution in [1.29, 1.82) is 0 Å². The van der Waals surface area contributed by atoms with E-state index < -0.39 is 0 Å². The summed E-state index contributed by atoms with van der Waals surface area (Å²) in [6.07, 6.45) is 0. The second-order valence-electron chi connectivity index (χ2n) is 12.0. The normalized spacial score (nSPS) is 13.4. The van der Waals surface area contributed by atoms with Crippen molar-refractivity contribution in [1.82, 2.24) is 4.48 Å². The van der Waals surface area contributed by atoms with Crippen LogP contribution in [0.15, 0.2) is 144 Å². The smallest absolute Gasteiger partial charge is 0.333 e. The van der Waals surface area contributed by atoms with Crippen LogP contribution in [0.2, 0.25) is 0 Å². The number of para-hydroxylation sites is 4. The van der Waals surface area contributed by atoms with Gasteiger partial charge < -0.3 is 13.8 Å². The number of fused-ring (bicyclic) bond motifs is 13. The highest BCUT2D eigenvalue weighted by molar-refractivity contribution is 6.90. The number of rotatable bonds is 1. The third-order valence-corrected chi connectivity index (χ3v) is 9.92. The molecular formula is C40H23BN2O. The van der Waals surface area contributed by atoms with E-state index in [0.29, 0.717) is 0 Å². The zero-order chi connectivity index (χ0) is 28.5. The highest BCUT2D eigenvalue weighted by atomic mass is 16.3. The van der Waals surface area contributed by atoms with Crippen LogP contribution in [0, 0.1) is 0 Å². The van der Waals surface area contributed by atoms with Gasteiger partial charge in [0.1, 0.15) is 11.2 Å². The van der Waals surface area contributed by atoms with E-state index >= 15 is 0 Å². The van der Waals surface area contributed by atoms with E-state index in [2.05, 4.69) is 149 Å². The Morgan fingerprint density at radius 2 is 1.32 bits per heavy atom.